The molecule has 3 N–H and O–H groups in total. The van der Waals surface area contributed by atoms with Crippen molar-refractivity contribution < 1.29 is 0 Å². The third kappa shape index (κ3) is 3.53. The van der Waals surface area contributed by atoms with Gasteiger partial charge in [-0.3, -0.25) is 0 Å². The second kappa shape index (κ2) is 5.90. The monoisotopic (exact) mass is 220 g/mol. The molecule has 0 fully saturated rings. The zero-order chi connectivity index (χ0) is 12.1. The van der Waals surface area contributed by atoms with Crippen LogP contribution in [-0.4, -0.2) is 13.1 Å². The van der Waals surface area contributed by atoms with Crippen LogP contribution in [0.3, 0.4) is 0 Å². The van der Waals surface area contributed by atoms with E-state index in [0.29, 0.717) is 11.8 Å². The van der Waals surface area contributed by atoms with Crippen molar-refractivity contribution in [1.82, 2.24) is 0 Å². The van der Waals surface area contributed by atoms with Crippen molar-refractivity contribution in [3.63, 3.8) is 0 Å². The van der Waals surface area contributed by atoms with Crippen molar-refractivity contribution in [2.75, 3.05) is 18.4 Å². The maximum atomic E-state index is 5.61. The first kappa shape index (κ1) is 13.0. The van der Waals surface area contributed by atoms with E-state index in [2.05, 4.69) is 51.2 Å². The molecule has 0 amide bonds. The van der Waals surface area contributed by atoms with Gasteiger partial charge in [0, 0.05) is 12.2 Å². The minimum atomic E-state index is 0.516. The fraction of sp³-hybridized carbons (Fsp3) is 0.571. The van der Waals surface area contributed by atoms with Gasteiger partial charge in [0.05, 0.1) is 0 Å². The number of hydrogen-bond acceptors (Lipinski definition) is 2. The number of nitrogens with two attached hydrogens (primary N) is 1. The lowest BCUT2D eigenvalue weighted by Crippen LogP contribution is -2.20. The number of aryl methyl sites for hydroxylation is 1. The van der Waals surface area contributed by atoms with Crippen molar-refractivity contribution in [3.8, 4) is 0 Å². The first-order valence-electron chi connectivity index (χ1n) is 6.09. The van der Waals surface area contributed by atoms with E-state index in [4.69, 9.17) is 5.73 Å². The van der Waals surface area contributed by atoms with E-state index >= 15 is 0 Å². The highest BCUT2D eigenvalue weighted by molar-refractivity contribution is 5.53. The smallest absolute Gasteiger partial charge is 0.0372 e. The van der Waals surface area contributed by atoms with Gasteiger partial charge in [0.15, 0.2) is 0 Å². The van der Waals surface area contributed by atoms with Crippen LogP contribution in [0.25, 0.3) is 0 Å². The van der Waals surface area contributed by atoms with Crippen LogP contribution in [0.1, 0.15) is 37.8 Å². The molecule has 2 nitrogen and oxygen atoms in total. The van der Waals surface area contributed by atoms with E-state index in [1.165, 1.54) is 16.8 Å². The molecule has 0 radical (unpaired) electrons. The highest BCUT2D eigenvalue weighted by Crippen LogP contribution is 2.22. The van der Waals surface area contributed by atoms with Crippen molar-refractivity contribution in [2.24, 2.45) is 11.7 Å². The van der Waals surface area contributed by atoms with Crippen LogP contribution >= 0.6 is 0 Å². The average molecular weight is 220 g/mol. The van der Waals surface area contributed by atoms with E-state index in [1.807, 2.05) is 0 Å². The summed E-state index contributed by atoms with van der Waals surface area (Å²) < 4.78 is 0. The molecule has 1 unspecified atom stereocenters. The molecule has 1 atom stereocenters. The highest BCUT2D eigenvalue weighted by atomic mass is 14.9. The minimum absolute atomic E-state index is 0.516. The van der Waals surface area contributed by atoms with Gasteiger partial charge >= 0.3 is 0 Å². The number of hydrogen-bond donors (Lipinski definition) is 2. The predicted octanol–water partition coefficient (Wildman–Crippen LogP) is 3.13. The minimum Gasteiger partial charge on any atom is -0.385 e. The Morgan fingerprint density at radius 2 is 1.94 bits per heavy atom. The number of benzene rings is 1. The lowest BCUT2D eigenvalue weighted by atomic mass is 10.0. The average Bonchev–Trinajstić information content (AvgIpc) is 2.27. The fourth-order valence-electron chi connectivity index (χ4n) is 1.56. The summed E-state index contributed by atoms with van der Waals surface area (Å²) in [6.45, 7) is 10.4. The van der Waals surface area contributed by atoms with Crippen LogP contribution in [0.15, 0.2) is 18.2 Å². The Morgan fingerprint density at radius 3 is 2.50 bits per heavy atom. The molecule has 0 aliphatic heterocycles. The van der Waals surface area contributed by atoms with Crippen LogP contribution in [0.4, 0.5) is 5.69 Å². The largest absolute Gasteiger partial charge is 0.385 e. The van der Waals surface area contributed by atoms with Gasteiger partial charge in [-0.05, 0) is 42.5 Å². The number of anilines is 1. The van der Waals surface area contributed by atoms with Crippen LogP contribution in [-0.2, 0) is 0 Å². The Bertz CT molecular complexity index is 332. The maximum Gasteiger partial charge on any atom is 0.0372 e. The van der Waals surface area contributed by atoms with Gasteiger partial charge < -0.3 is 11.1 Å². The van der Waals surface area contributed by atoms with Crippen LogP contribution in [0.5, 0.6) is 0 Å². The van der Waals surface area contributed by atoms with Gasteiger partial charge in [-0.2, -0.15) is 0 Å². The third-order valence-electron chi connectivity index (χ3n) is 2.97. The summed E-state index contributed by atoms with van der Waals surface area (Å²) in [5, 5.41) is 3.48. The summed E-state index contributed by atoms with van der Waals surface area (Å²) in [6.07, 6.45) is 0. The topological polar surface area (TPSA) is 38.0 Å². The molecule has 1 rings (SSSR count). The van der Waals surface area contributed by atoms with E-state index in [0.717, 1.165) is 13.1 Å². The van der Waals surface area contributed by atoms with Gasteiger partial charge in [0.25, 0.3) is 0 Å². The summed E-state index contributed by atoms with van der Waals surface area (Å²) in [4.78, 5) is 0. The maximum absolute atomic E-state index is 5.61. The molecule has 0 bridgehead atoms. The third-order valence-corrected chi connectivity index (χ3v) is 2.97. The molecule has 0 aromatic heterocycles. The zero-order valence-electron chi connectivity index (χ0n) is 10.9. The molecule has 0 aliphatic carbocycles. The van der Waals surface area contributed by atoms with Crippen molar-refractivity contribution in [1.29, 1.82) is 0 Å². The summed E-state index contributed by atoms with van der Waals surface area (Å²) in [5.41, 5.74) is 9.54. The summed E-state index contributed by atoms with van der Waals surface area (Å²) in [5.74, 6) is 1.09. The Hall–Kier alpha value is -1.02. The zero-order valence-corrected chi connectivity index (χ0v) is 10.9. The lowest BCUT2D eigenvalue weighted by Gasteiger charge is -2.15. The number of nitrogens with one attached hydrogen (secondary N) is 1. The molecular formula is C14H24N2. The van der Waals surface area contributed by atoms with Gasteiger partial charge in [0.1, 0.15) is 0 Å². The second-order valence-electron chi connectivity index (χ2n) is 4.95. The van der Waals surface area contributed by atoms with Gasteiger partial charge in [0.2, 0.25) is 0 Å². The van der Waals surface area contributed by atoms with Crippen LogP contribution < -0.4 is 11.1 Å². The first-order valence-corrected chi connectivity index (χ1v) is 6.09. The molecular weight excluding hydrogens is 196 g/mol. The summed E-state index contributed by atoms with van der Waals surface area (Å²) >= 11 is 0. The molecule has 0 saturated heterocycles. The Morgan fingerprint density at radius 1 is 1.25 bits per heavy atom. The molecule has 0 saturated carbocycles. The Kier molecular flexibility index (Phi) is 4.81. The molecule has 1 aromatic rings. The van der Waals surface area contributed by atoms with Crippen LogP contribution in [0, 0.1) is 12.8 Å². The van der Waals surface area contributed by atoms with Crippen LogP contribution in [0.2, 0.25) is 0 Å². The highest BCUT2D eigenvalue weighted by Gasteiger charge is 2.04. The Balaban J connectivity index is 2.74. The van der Waals surface area contributed by atoms with Crippen molar-refractivity contribution >= 4 is 5.69 Å². The predicted molar refractivity (Wildman–Crippen MR) is 72.0 cm³/mol. The molecule has 90 valence electrons. The quantitative estimate of drug-likeness (QED) is 0.800. The molecule has 0 spiro atoms. The van der Waals surface area contributed by atoms with E-state index in [-0.39, 0.29) is 0 Å². The standard InChI is InChI=1S/C14H24N2/c1-10(2)13-6-5-12(4)14(7-13)16-9-11(3)8-15/h5-7,10-11,16H,8-9,15H2,1-4H3. The Labute approximate surface area is 99.2 Å². The number of rotatable bonds is 5. The molecule has 0 aliphatic rings. The molecule has 16 heavy (non-hydrogen) atoms. The lowest BCUT2D eigenvalue weighted by molar-refractivity contribution is 0.628. The van der Waals surface area contributed by atoms with Gasteiger partial charge in [-0.25, -0.2) is 0 Å². The van der Waals surface area contributed by atoms with E-state index in [9.17, 15) is 0 Å². The van der Waals surface area contributed by atoms with E-state index < -0.39 is 0 Å². The molecule has 1 aromatic carbocycles. The first-order chi connectivity index (χ1) is 7.54. The fourth-order valence-corrected chi connectivity index (χ4v) is 1.56. The van der Waals surface area contributed by atoms with Gasteiger partial charge in [-0.15, -0.1) is 0 Å². The summed E-state index contributed by atoms with van der Waals surface area (Å²) in [7, 11) is 0. The van der Waals surface area contributed by atoms with E-state index in [1.54, 1.807) is 0 Å². The normalized spacial score (nSPS) is 12.9. The van der Waals surface area contributed by atoms with Gasteiger partial charge in [-0.1, -0.05) is 32.9 Å². The molecule has 2 heteroatoms. The SMILES string of the molecule is Cc1ccc(C(C)C)cc1NCC(C)CN. The molecule has 0 heterocycles. The summed E-state index contributed by atoms with van der Waals surface area (Å²) in [6, 6.07) is 6.64. The van der Waals surface area contributed by atoms with Crippen molar-refractivity contribution in [3.05, 3.63) is 29.3 Å². The second-order valence-corrected chi connectivity index (χ2v) is 4.95. The van der Waals surface area contributed by atoms with Crippen molar-refractivity contribution in [2.45, 2.75) is 33.6 Å².